The number of aromatic nitrogens is 1. The van der Waals surface area contributed by atoms with Crippen LogP contribution >= 0.6 is 0 Å². The number of nitrogens with one attached hydrogen (secondary N) is 2. The first-order chi connectivity index (χ1) is 12.2. The van der Waals surface area contributed by atoms with Gasteiger partial charge < -0.3 is 19.8 Å². The summed E-state index contributed by atoms with van der Waals surface area (Å²) in [5.41, 5.74) is 3.14. The van der Waals surface area contributed by atoms with Gasteiger partial charge in [-0.15, -0.1) is 0 Å². The Morgan fingerprint density at radius 1 is 1.20 bits per heavy atom. The van der Waals surface area contributed by atoms with Crippen LogP contribution < -0.4 is 10.6 Å². The predicted molar refractivity (Wildman–Crippen MR) is 101 cm³/mol. The fourth-order valence-electron chi connectivity index (χ4n) is 2.27. The molecule has 0 atom stereocenters. The number of aliphatic imine (C=N–C) groups is 1. The van der Waals surface area contributed by atoms with Crippen molar-refractivity contribution >= 4 is 5.96 Å². The first kappa shape index (κ1) is 19.0. The number of rotatable bonds is 9. The summed E-state index contributed by atoms with van der Waals surface area (Å²) in [6.45, 7) is 9.65. The maximum absolute atomic E-state index is 5.59. The van der Waals surface area contributed by atoms with Crippen LogP contribution in [0.1, 0.15) is 25.1 Å². The normalized spacial score (nSPS) is 11.6. The largest absolute Gasteiger partial charge is 0.444 e. The number of hydrogen-bond donors (Lipinski definition) is 2. The summed E-state index contributed by atoms with van der Waals surface area (Å²) in [5, 5.41) is 6.53. The van der Waals surface area contributed by atoms with Gasteiger partial charge in [0.15, 0.2) is 5.96 Å². The molecule has 6 nitrogen and oxygen atoms in total. The van der Waals surface area contributed by atoms with Crippen molar-refractivity contribution in [2.75, 3.05) is 32.8 Å². The molecule has 0 saturated carbocycles. The highest BCUT2D eigenvalue weighted by atomic mass is 16.5. The number of nitrogens with zero attached hydrogens (tertiary/aromatic N) is 2. The van der Waals surface area contributed by atoms with Crippen molar-refractivity contribution in [2.45, 2.75) is 27.2 Å². The van der Waals surface area contributed by atoms with Gasteiger partial charge in [-0.25, -0.2) is 4.98 Å². The van der Waals surface area contributed by atoms with E-state index in [9.17, 15) is 0 Å². The molecule has 0 amide bonds. The summed E-state index contributed by atoms with van der Waals surface area (Å²) in [6.07, 6.45) is 2.49. The lowest BCUT2D eigenvalue weighted by Gasteiger charge is -2.10. The molecule has 2 rings (SSSR count). The van der Waals surface area contributed by atoms with Crippen molar-refractivity contribution in [1.29, 1.82) is 0 Å². The smallest absolute Gasteiger partial charge is 0.226 e. The Morgan fingerprint density at radius 3 is 2.72 bits per heavy atom. The van der Waals surface area contributed by atoms with Crippen molar-refractivity contribution in [1.82, 2.24) is 15.6 Å². The Kier molecular flexibility index (Phi) is 7.98. The van der Waals surface area contributed by atoms with Gasteiger partial charge in [-0.1, -0.05) is 17.7 Å². The van der Waals surface area contributed by atoms with Gasteiger partial charge in [0.25, 0.3) is 0 Å². The molecule has 0 bridgehead atoms. The molecule has 0 fully saturated rings. The van der Waals surface area contributed by atoms with Crippen LogP contribution in [0.5, 0.6) is 0 Å². The zero-order valence-electron chi connectivity index (χ0n) is 15.3. The van der Waals surface area contributed by atoms with E-state index >= 15 is 0 Å². The molecular weight excluding hydrogens is 316 g/mol. The maximum Gasteiger partial charge on any atom is 0.226 e. The third-order valence-electron chi connectivity index (χ3n) is 3.58. The average Bonchev–Trinajstić information content (AvgIpc) is 3.08. The van der Waals surface area contributed by atoms with Gasteiger partial charge in [0, 0.05) is 31.7 Å². The lowest BCUT2D eigenvalue weighted by Crippen LogP contribution is -2.38. The van der Waals surface area contributed by atoms with Gasteiger partial charge >= 0.3 is 0 Å². The number of hydrogen-bond acceptors (Lipinski definition) is 4. The zero-order chi connectivity index (χ0) is 17.9. The van der Waals surface area contributed by atoms with Gasteiger partial charge in [0.1, 0.15) is 6.26 Å². The molecule has 2 N–H and O–H groups in total. The highest BCUT2D eigenvalue weighted by Crippen LogP contribution is 2.19. The van der Waals surface area contributed by atoms with Crippen LogP contribution in [-0.4, -0.2) is 43.8 Å². The van der Waals surface area contributed by atoms with Crippen LogP contribution in [0.15, 0.2) is 39.9 Å². The summed E-state index contributed by atoms with van der Waals surface area (Å²) in [7, 11) is 0. The molecule has 0 radical (unpaired) electrons. The fraction of sp³-hybridized carbons (Fsp3) is 0.474. The lowest BCUT2D eigenvalue weighted by molar-refractivity contribution is 0.155. The van der Waals surface area contributed by atoms with Crippen LogP contribution in [0.4, 0.5) is 0 Å². The Balaban J connectivity index is 1.82. The van der Waals surface area contributed by atoms with Gasteiger partial charge in [0.2, 0.25) is 5.89 Å². The van der Waals surface area contributed by atoms with Crippen molar-refractivity contribution < 1.29 is 9.15 Å². The quantitative estimate of drug-likeness (QED) is 0.416. The zero-order valence-corrected chi connectivity index (χ0v) is 15.3. The minimum absolute atomic E-state index is 0.635. The number of oxazole rings is 1. The number of ether oxygens (including phenoxy) is 1. The third kappa shape index (κ3) is 6.58. The van der Waals surface area contributed by atoms with Crippen LogP contribution in [0.2, 0.25) is 0 Å². The summed E-state index contributed by atoms with van der Waals surface area (Å²) in [6, 6.07) is 8.17. The van der Waals surface area contributed by atoms with E-state index in [-0.39, 0.29) is 0 Å². The number of benzene rings is 1. The molecule has 0 aliphatic heterocycles. The molecule has 0 saturated heterocycles. The van der Waals surface area contributed by atoms with E-state index < -0.39 is 0 Å². The Bertz CT molecular complexity index is 650. The Hall–Kier alpha value is -2.34. The number of guanidine groups is 1. The second kappa shape index (κ2) is 10.5. The Labute approximate surface area is 149 Å². The monoisotopic (exact) mass is 344 g/mol. The van der Waals surface area contributed by atoms with Crippen LogP contribution in [0, 0.1) is 6.92 Å². The minimum Gasteiger partial charge on any atom is -0.444 e. The average molecular weight is 344 g/mol. The van der Waals surface area contributed by atoms with E-state index in [4.69, 9.17) is 9.15 Å². The molecule has 1 aromatic heterocycles. The molecule has 2 aromatic rings. The molecule has 0 unspecified atom stereocenters. The standard InChI is InChI=1S/C19H28N4O2/c1-4-20-19(22-12-13-24-5-2)21-11-10-17-14-25-18(23-17)16-8-6-15(3)7-9-16/h6-9,14H,4-5,10-13H2,1-3H3,(H2,20,21,22). The van der Waals surface area contributed by atoms with Crippen LogP contribution in [0.3, 0.4) is 0 Å². The molecule has 0 spiro atoms. The van der Waals surface area contributed by atoms with Crippen LogP contribution in [-0.2, 0) is 11.2 Å². The topological polar surface area (TPSA) is 71.7 Å². The molecule has 25 heavy (non-hydrogen) atoms. The van der Waals surface area contributed by atoms with E-state index in [1.807, 2.05) is 26.0 Å². The van der Waals surface area contributed by atoms with Crippen LogP contribution in [0.25, 0.3) is 11.5 Å². The second-order valence-electron chi connectivity index (χ2n) is 5.64. The van der Waals surface area contributed by atoms with Gasteiger partial charge in [-0.05, 0) is 32.9 Å². The molecule has 0 aliphatic carbocycles. The van der Waals surface area contributed by atoms with Crippen molar-refractivity contribution in [2.24, 2.45) is 4.99 Å². The summed E-state index contributed by atoms with van der Waals surface area (Å²) in [5.74, 6) is 1.46. The van der Waals surface area contributed by atoms with E-state index in [2.05, 4.69) is 39.7 Å². The highest BCUT2D eigenvalue weighted by Gasteiger charge is 2.06. The van der Waals surface area contributed by atoms with Crippen molar-refractivity contribution in [3.63, 3.8) is 0 Å². The molecule has 6 heteroatoms. The Morgan fingerprint density at radius 2 is 2.00 bits per heavy atom. The van der Waals surface area contributed by atoms with Gasteiger partial charge in [-0.2, -0.15) is 0 Å². The van der Waals surface area contributed by atoms with E-state index in [1.165, 1.54) is 5.56 Å². The third-order valence-corrected chi connectivity index (χ3v) is 3.58. The highest BCUT2D eigenvalue weighted by molar-refractivity contribution is 5.79. The van der Waals surface area contributed by atoms with E-state index in [0.29, 0.717) is 19.0 Å². The number of aryl methyl sites for hydroxylation is 1. The van der Waals surface area contributed by atoms with Gasteiger partial charge in [-0.3, -0.25) is 4.99 Å². The first-order valence-corrected chi connectivity index (χ1v) is 8.84. The van der Waals surface area contributed by atoms with Crippen molar-refractivity contribution in [3.8, 4) is 11.5 Å². The molecule has 1 aromatic carbocycles. The molecule has 1 heterocycles. The lowest BCUT2D eigenvalue weighted by atomic mass is 10.1. The van der Waals surface area contributed by atoms with Gasteiger partial charge in [0.05, 0.1) is 18.8 Å². The SMILES string of the molecule is CCNC(=NCCOCC)NCCc1coc(-c2ccc(C)cc2)n1. The minimum atomic E-state index is 0.635. The molecule has 136 valence electrons. The van der Waals surface area contributed by atoms with Crippen molar-refractivity contribution in [3.05, 3.63) is 41.8 Å². The second-order valence-corrected chi connectivity index (χ2v) is 5.64. The predicted octanol–water partition coefficient (Wildman–Crippen LogP) is 2.78. The maximum atomic E-state index is 5.59. The summed E-state index contributed by atoms with van der Waals surface area (Å²) in [4.78, 5) is 9.02. The summed E-state index contributed by atoms with van der Waals surface area (Å²) >= 11 is 0. The van der Waals surface area contributed by atoms with E-state index in [0.717, 1.165) is 43.3 Å². The summed E-state index contributed by atoms with van der Waals surface area (Å²) < 4.78 is 10.9. The molecular formula is C19H28N4O2. The molecule has 0 aliphatic rings. The van der Waals surface area contributed by atoms with E-state index in [1.54, 1.807) is 6.26 Å². The fourth-order valence-corrected chi connectivity index (χ4v) is 2.27. The first-order valence-electron chi connectivity index (χ1n) is 8.84.